The molecule has 0 saturated carbocycles. The molecule has 1 aliphatic rings. The second-order valence-electron chi connectivity index (χ2n) is 5.32. The Morgan fingerprint density at radius 3 is 2.65 bits per heavy atom. The van der Waals surface area contributed by atoms with Crippen molar-refractivity contribution < 1.29 is 9.21 Å². The van der Waals surface area contributed by atoms with Crippen molar-refractivity contribution in [2.75, 3.05) is 20.1 Å². The Morgan fingerprint density at radius 2 is 2.04 bits per heavy atom. The second kappa shape index (κ2) is 8.91. The maximum absolute atomic E-state index is 12.5. The molecule has 1 aromatic heterocycles. The number of piperidine rings is 1. The van der Waals surface area contributed by atoms with Crippen LogP contribution in [0.15, 0.2) is 41.3 Å². The van der Waals surface area contributed by atoms with Crippen molar-refractivity contribution >= 4 is 30.7 Å². The summed E-state index contributed by atoms with van der Waals surface area (Å²) in [5, 5.41) is 3.25. The summed E-state index contributed by atoms with van der Waals surface area (Å²) in [6, 6.07) is 7.89. The molecule has 3 rings (SSSR count). The first-order chi connectivity index (χ1) is 10.3. The van der Waals surface area contributed by atoms with E-state index in [1.54, 1.807) is 6.20 Å². The van der Waals surface area contributed by atoms with E-state index in [0.29, 0.717) is 11.8 Å². The quantitative estimate of drug-likeness (QED) is 0.917. The van der Waals surface area contributed by atoms with Crippen LogP contribution in [0.5, 0.6) is 0 Å². The summed E-state index contributed by atoms with van der Waals surface area (Å²) in [4.78, 5) is 18.3. The predicted molar refractivity (Wildman–Crippen MR) is 94.4 cm³/mol. The molecule has 1 N–H and O–H groups in total. The normalized spacial score (nSPS) is 17.1. The third-order valence-corrected chi connectivity index (χ3v) is 3.97. The largest absolute Gasteiger partial charge is 0.444 e. The molecule has 5 nitrogen and oxygen atoms in total. The van der Waals surface area contributed by atoms with Crippen LogP contribution in [-0.2, 0) is 0 Å². The number of hydrogen-bond donors (Lipinski definition) is 1. The first-order valence-corrected chi connectivity index (χ1v) is 7.23. The number of oxazole rings is 1. The molecule has 1 fully saturated rings. The lowest BCUT2D eigenvalue weighted by Crippen LogP contribution is -2.46. The van der Waals surface area contributed by atoms with Gasteiger partial charge in [0, 0.05) is 30.3 Å². The van der Waals surface area contributed by atoms with Crippen LogP contribution < -0.4 is 5.32 Å². The highest BCUT2D eigenvalue weighted by Gasteiger charge is 2.23. The van der Waals surface area contributed by atoms with Crippen molar-refractivity contribution in [3.63, 3.8) is 0 Å². The summed E-state index contributed by atoms with van der Waals surface area (Å²) in [7, 11) is 1.95. The van der Waals surface area contributed by atoms with Crippen molar-refractivity contribution in [2.24, 2.45) is 0 Å². The number of nitrogens with one attached hydrogen (secondary N) is 1. The highest BCUT2D eigenvalue weighted by molar-refractivity contribution is 5.94. The third kappa shape index (κ3) is 4.47. The van der Waals surface area contributed by atoms with Gasteiger partial charge in [0.1, 0.15) is 0 Å². The van der Waals surface area contributed by atoms with Crippen LogP contribution in [-0.4, -0.2) is 42.0 Å². The first kappa shape index (κ1) is 19.5. The maximum Gasteiger partial charge on any atom is 0.253 e. The number of likely N-dealkylation sites (tertiary alicyclic amines) is 1. The number of likely N-dealkylation sites (N-methyl/N-ethyl adjacent to an activating group) is 1. The number of aromatic nitrogens is 1. The number of rotatable bonds is 3. The Kier molecular flexibility index (Phi) is 7.55. The van der Waals surface area contributed by atoms with E-state index in [0.717, 1.165) is 37.1 Å². The van der Waals surface area contributed by atoms with Crippen LogP contribution in [0.1, 0.15) is 23.2 Å². The fraction of sp³-hybridized carbons (Fsp3) is 0.375. The average Bonchev–Trinajstić information content (AvgIpc) is 3.09. The number of nitrogens with zero attached hydrogens (tertiary/aromatic N) is 2. The van der Waals surface area contributed by atoms with E-state index in [9.17, 15) is 4.79 Å². The van der Waals surface area contributed by atoms with E-state index in [1.807, 2.05) is 36.2 Å². The number of amides is 1. The first-order valence-electron chi connectivity index (χ1n) is 7.23. The van der Waals surface area contributed by atoms with E-state index >= 15 is 0 Å². The molecule has 7 heteroatoms. The minimum atomic E-state index is 0. The fourth-order valence-electron chi connectivity index (χ4n) is 2.72. The van der Waals surface area contributed by atoms with E-state index in [2.05, 4.69) is 10.3 Å². The minimum absolute atomic E-state index is 0. The van der Waals surface area contributed by atoms with Crippen LogP contribution >= 0.6 is 24.8 Å². The Hall–Kier alpha value is -1.56. The van der Waals surface area contributed by atoms with Gasteiger partial charge in [0.05, 0.1) is 6.20 Å². The van der Waals surface area contributed by atoms with Crippen LogP contribution in [0, 0.1) is 0 Å². The summed E-state index contributed by atoms with van der Waals surface area (Å²) in [5.74, 6) is 0.807. The van der Waals surface area contributed by atoms with Gasteiger partial charge >= 0.3 is 0 Å². The van der Waals surface area contributed by atoms with Gasteiger partial charge in [0.25, 0.3) is 5.91 Å². The summed E-state index contributed by atoms with van der Waals surface area (Å²) in [5.41, 5.74) is 1.64. The summed E-state index contributed by atoms with van der Waals surface area (Å²) >= 11 is 0. The molecule has 1 saturated heterocycles. The fourth-order valence-corrected chi connectivity index (χ4v) is 2.72. The molecule has 126 valence electrons. The lowest BCUT2D eigenvalue weighted by atomic mass is 10.0. The lowest BCUT2D eigenvalue weighted by Gasteiger charge is -2.32. The highest BCUT2D eigenvalue weighted by atomic mass is 35.5. The van der Waals surface area contributed by atoms with Crippen molar-refractivity contribution in [3.05, 3.63) is 42.4 Å². The lowest BCUT2D eigenvalue weighted by molar-refractivity contribution is 0.0698. The van der Waals surface area contributed by atoms with E-state index in [4.69, 9.17) is 4.42 Å². The molecule has 0 spiro atoms. The molecule has 1 atom stereocenters. The number of carbonyl (C=O) groups is 1. The smallest absolute Gasteiger partial charge is 0.253 e. The van der Waals surface area contributed by atoms with Crippen LogP contribution in [0.2, 0.25) is 0 Å². The molecule has 2 aromatic rings. The van der Waals surface area contributed by atoms with Crippen molar-refractivity contribution in [3.8, 4) is 11.3 Å². The maximum atomic E-state index is 12.5. The van der Waals surface area contributed by atoms with Gasteiger partial charge in [-0.1, -0.05) is 12.1 Å². The van der Waals surface area contributed by atoms with Crippen molar-refractivity contribution in [2.45, 2.75) is 18.9 Å². The van der Waals surface area contributed by atoms with E-state index < -0.39 is 0 Å². The summed E-state index contributed by atoms with van der Waals surface area (Å²) in [6.07, 6.45) is 5.25. The zero-order chi connectivity index (χ0) is 14.7. The Balaban J connectivity index is 0.00000132. The molecular formula is C16H21Cl2N3O2. The molecule has 0 aliphatic carbocycles. The standard InChI is InChI=1S/C16H19N3O2.2ClH/c1-17-14-3-2-8-19(10-14)16(20)13-6-4-12(5-7-13)15-9-18-11-21-15;;/h4-7,9,11,14,17H,2-3,8,10H2,1H3;2*1H. The average molecular weight is 358 g/mol. The van der Waals surface area contributed by atoms with Crippen molar-refractivity contribution in [1.29, 1.82) is 0 Å². The molecule has 0 bridgehead atoms. The summed E-state index contributed by atoms with van der Waals surface area (Å²) in [6.45, 7) is 1.61. The molecule has 1 unspecified atom stereocenters. The SMILES string of the molecule is CNC1CCCN(C(=O)c2ccc(-c3cnco3)cc2)C1.Cl.Cl. The molecule has 23 heavy (non-hydrogen) atoms. The monoisotopic (exact) mass is 357 g/mol. The molecule has 1 aromatic carbocycles. The zero-order valence-electron chi connectivity index (χ0n) is 12.9. The third-order valence-electron chi connectivity index (χ3n) is 3.97. The van der Waals surface area contributed by atoms with E-state index in [-0.39, 0.29) is 30.7 Å². The van der Waals surface area contributed by atoms with Gasteiger partial charge in [0.15, 0.2) is 12.2 Å². The van der Waals surface area contributed by atoms with Gasteiger partial charge in [-0.3, -0.25) is 4.79 Å². The molecule has 0 radical (unpaired) electrons. The molecular weight excluding hydrogens is 337 g/mol. The molecule has 1 amide bonds. The van der Waals surface area contributed by atoms with Gasteiger partial charge in [-0.05, 0) is 32.0 Å². The predicted octanol–water partition coefficient (Wildman–Crippen LogP) is 3.01. The summed E-state index contributed by atoms with van der Waals surface area (Å²) < 4.78 is 5.25. The van der Waals surface area contributed by atoms with Gasteiger partial charge in [-0.25, -0.2) is 4.98 Å². The van der Waals surface area contributed by atoms with Crippen LogP contribution in [0.4, 0.5) is 0 Å². The Bertz CT molecular complexity index is 602. The van der Waals surface area contributed by atoms with Gasteiger partial charge in [-0.15, -0.1) is 24.8 Å². The Labute approximate surface area is 148 Å². The number of carbonyl (C=O) groups excluding carboxylic acids is 1. The van der Waals surface area contributed by atoms with Gasteiger partial charge in [-0.2, -0.15) is 0 Å². The van der Waals surface area contributed by atoms with Crippen LogP contribution in [0.3, 0.4) is 0 Å². The van der Waals surface area contributed by atoms with Gasteiger partial charge < -0.3 is 14.6 Å². The number of benzene rings is 1. The van der Waals surface area contributed by atoms with Crippen molar-refractivity contribution in [1.82, 2.24) is 15.2 Å². The Morgan fingerprint density at radius 1 is 1.30 bits per heavy atom. The zero-order valence-corrected chi connectivity index (χ0v) is 14.5. The van der Waals surface area contributed by atoms with Crippen LogP contribution in [0.25, 0.3) is 11.3 Å². The van der Waals surface area contributed by atoms with E-state index in [1.165, 1.54) is 6.39 Å². The topological polar surface area (TPSA) is 58.4 Å². The second-order valence-corrected chi connectivity index (χ2v) is 5.32. The minimum Gasteiger partial charge on any atom is -0.444 e. The van der Waals surface area contributed by atoms with Gasteiger partial charge in [0.2, 0.25) is 0 Å². The molecule has 1 aliphatic heterocycles. The highest BCUT2D eigenvalue weighted by Crippen LogP contribution is 2.20. The molecule has 2 heterocycles. The number of halogens is 2. The number of hydrogen-bond acceptors (Lipinski definition) is 4.